The largest absolute Gasteiger partial charge is 0.493 e. The average molecular weight is 1620 g/mol. The molecule has 22 heteroatoms. The highest BCUT2D eigenvalue weighted by molar-refractivity contribution is 5.78. The van der Waals surface area contributed by atoms with Crippen LogP contribution >= 0.6 is 0 Å². The summed E-state index contributed by atoms with van der Waals surface area (Å²) in [4.78, 5) is 44.2. The minimum atomic E-state index is -0.467. The van der Waals surface area contributed by atoms with Gasteiger partial charge in [-0.15, -0.1) is 0 Å². The van der Waals surface area contributed by atoms with E-state index >= 15 is 0 Å². The number of carbonyl (C=O) groups excluding carboxylic acids is 3. The molecule has 640 valence electrons. The lowest BCUT2D eigenvalue weighted by molar-refractivity contribution is -0.133. The SMILES string of the molecule is C.CCNC[C@]1(C)CN(C(=O)OC)CC1c1ccc(OC)c(OC2Cc3ccccc3C2)c1.CNC[C@]1(C)CN(Cc2ccccc2)CC1c1ccc(OC)c(OC2CCCC2)c1.COC(=O)N1CC(c2ccc(OC)c(OC3Cc4ccccc4C3)c2)[C@](C)(CN)C1.COc1ccc(C2CN(C(=O)CO)C[C@@]2(C)CN)cc1OCC1CC1. The number of carbonyl (C=O) groups is 3. The van der Waals surface area contributed by atoms with E-state index in [0.717, 1.165) is 135 Å². The number of benzene rings is 7. The molecule has 6 fully saturated rings. The highest BCUT2D eigenvalue weighted by Crippen LogP contribution is 2.50. The van der Waals surface area contributed by atoms with Gasteiger partial charge < -0.3 is 89.3 Å². The van der Waals surface area contributed by atoms with E-state index in [2.05, 4.69) is 179 Å². The second-order valence-corrected chi connectivity index (χ2v) is 34.6. The molecule has 15 rings (SSSR count). The molecule has 4 heterocycles. The molecule has 4 saturated heterocycles. The lowest BCUT2D eigenvalue weighted by Gasteiger charge is -2.31. The molecular formula is C96H132N8O14. The van der Waals surface area contributed by atoms with E-state index in [9.17, 15) is 19.5 Å². The van der Waals surface area contributed by atoms with E-state index in [4.69, 9.17) is 58.8 Å². The van der Waals surface area contributed by atoms with Crippen LogP contribution in [0.2, 0.25) is 0 Å². The second-order valence-electron chi connectivity index (χ2n) is 34.6. The number of methoxy groups -OCH3 is 6. The number of aliphatic hydroxyl groups is 1. The van der Waals surface area contributed by atoms with E-state index in [1.807, 2.05) is 30.3 Å². The van der Waals surface area contributed by atoms with E-state index < -0.39 is 6.61 Å². The molecule has 4 unspecified atom stereocenters. The highest BCUT2D eigenvalue weighted by Gasteiger charge is 2.49. The van der Waals surface area contributed by atoms with Gasteiger partial charge in [-0.25, -0.2) is 9.59 Å². The van der Waals surface area contributed by atoms with Gasteiger partial charge >= 0.3 is 12.2 Å². The molecule has 8 aliphatic rings. The summed E-state index contributed by atoms with van der Waals surface area (Å²) >= 11 is 0. The fourth-order valence-electron chi connectivity index (χ4n) is 19.0. The van der Waals surface area contributed by atoms with Crippen molar-refractivity contribution in [3.63, 3.8) is 0 Å². The van der Waals surface area contributed by atoms with Crippen molar-refractivity contribution < 1.29 is 66.9 Å². The summed E-state index contributed by atoms with van der Waals surface area (Å²) in [6.07, 6.45) is 10.8. The first-order valence-electron chi connectivity index (χ1n) is 42.1. The van der Waals surface area contributed by atoms with Crippen LogP contribution in [0.5, 0.6) is 46.0 Å². The second kappa shape index (κ2) is 40.6. The van der Waals surface area contributed by atoms with Gasteiger partial charge in [0.25, 0.3) is 0 Å². The number of fused-ring (bicyclic) bond motifs is 2. The maximum absolute atomic E-state index is 12.3. The number of aliphatic hydroxyl groups excluding tert-OH is 1. The molecule has 7 aromatic carbocycles. The zero-order valence-corrected chi connectivity index (χ0v) is 71.1. The third-order valence-corrected chi connectivity index (χ3v) is 25.9. The number of rotatable bonds is 27. The van der Waals surface area contributed by atoms with Crippen LogP contribution in [0.4, 0.5) is 9.59 Å². The van der Waals surface area contributed by atoms with Crippen molar-refractivity contribution in [3.05, 3.63) is 202 Å². The zero-order valence-electron chi connectivity index (χ0n) is 71.1. The number of ether oxygens (including phenoxy) is 10. The van der Waals surface area contributed by atoms with E-state index in [1.165, 1.54) is 73.3 Å². The molecule has 7 N–H and O–H groups in total. The van der Waals surface area contributed by atoms with Crippen LogP contribution in [0, 0.1) is 27.6 Å². The lowest BCUT2D eigenvalue weighted by Crippen LogP contribution is -2.38. The fraction of sp³-hybridized carbons (Fsp3) is 0.531. The van der Waals surface area contributed by atoms with Gasteiger partial charge in [-0.1, -0.05) is 145 Å². The standard InChI is InChI=1S/C26H34N2O4.C26H36N2O2.C24H30N2O4.C19H28N2O4.CH4/c1-5-27-16-26(2)17-28(25(29)31-4)15-22(26)20-10-11-23(30-3)24(14-20)32-21-12-18-8-6-7-9-19(18)13-21;1-26(18-27-2)19-28(16-20-9-5-4-6-10-20)17-23(26)21-13-14-24(29-3)25(15-21)30-22-11-7-8-12-22;1-24(14-25)15-26(23(27)29-3)13-20(24)18-8-9-21(28-2)22(12-18)30-19-10-16-6-4-5-7-17(16)11-19;1-19(11-20)12-21(18(23)9-22)8-15(19)14-5-6-16(24-2)17(7-14)25-10-13-3-4-13;/h6-11,14,21-22,27H,5,12-13,15-17H2,1-4H3;4-6,9-10,13-15,22-23,27H,7-8,11-12,16-19H2,1-3H3;4-9,12,19-20H,10-11,13-15,25H2,1-3H3;5-7,13,15,22H,3-4,8-12,20H2,1-2H3;1H4/t22?,26-;23?,26-;20?,24-;15?,19-;/m1111./s1. The van der Waals surface area contributed by atoms with Crippen molar-refractivity contribution >= 4 is 18.1 Å². The minimum Gasteiger partial charge on any atom is -0.493 e. The Kier molecular flexibility index (Phi) is 30.8. The minimum absolute atomic E-state index is 0. The molecule has 0 bridgehead atoms. The normalized spacial score (nSPS) is 23.9. The molecule has 2 saturated carbocycles. The summed E-state index contributed by atoms with van der Waals surface area (Å²) in [7, 11) is 11.6. The Morgan fingerprint density at radius 1 is 0.458 bits per heavy atom. The van der Waals surface area contributed by atoms with Gasteiger partial charge in [0.2, 0.25) is 5.91 Å². The average Bonchev–Trinajstić information content (AvgIpc) is 1.63. The molecule has 0 spiro atoms. The van der Waals surface area contributed by atoms with Crippen molar-refractivity contribution in [2.24, 2.45) is 39.0 Å². The van der Waals surface area contributed by atoms with Gasteiger partial charge in [0.15, 0.2) is 46.0 Å². The predicted octanol–water partition coefficient (Wildman–Crippen LogP) is 14.2. The summed E-state index contributed by atoms with van der Waals surface area (Å²) in [5.74, 6) is 7.40. The fourth-order valence-corrected chi connectivity index (χ4v) is 19.0. The van der Waals surface area contributed by atoms with E-state index in [1.54, 1.807) is 43.1 Å². The predicted molar refractivity (Wildman–Crippen MR) is 464 cm³/mol. The summed E-state index contributed by atoms with van der Waals surface area (Å²) in [6.45, 7) is 21.5. The molecule has 0 aromatic heterocycles. The number of nitrogens with one attached hydrogen (secondary N) is 2. The quantitative estimate of drug-likeness (QED) is 0.0321. The Morgan fingerprint density at radius 3 is 1.25 bits per heavy atom. The van der Waals surface area contributed by atoms with Crippen LogP contribution < -0.4 is 60.0 Å². The van der Waals surface area contributed by atoms with Crippen molar-refractivity contribution in [3.8, 4) is 46.0 Å². The summed E-state index contributed by atoms with van der Waals surface area (Å²) < 4.78 is 57.5. The first-order chi connectivity index (χ1) is 56.5. The van der Waals surface area contributed by atoms with Gasteiger partial charge in [-0.3, -0.25) is 9.69 Å². The number of hydrogen-bond acceptors (Lipinski definition) is 19. The number of hydrogen-bond donors (Lipinski definition) is 5. The van der Waals surface area contributed by atoms with Crippen LogP contribution in [0.1, 0.15) is 154 Å². The maximum atomic E-state index is 12.3. The number of nitrogens with zero attached hydrogens (tertiary/aromatic N) is 4. The van der Waals surface area contributed by atoms with Gasteiger partial charge in [0.05, 0.1) is 55.4 Å². The summed E-state index contributed by atoms with van der Waals surface area (Å²) in [5.41, 5.74) is 23.3. The molecule has 4 aliphatic heterocycles. The van der Waals surface area contributed by atoms with Crippen LogP contribution in [-0.2, 0) is 46.5 Å². The summed E-state index contributed by atoms with van der Waals surface area (Å²) in [6, 6.07) is 52.6. The first-order valence-corrected chi connectivity index (χ1v) is 42.1. The van der Waals surface area contributed by atoms with Crippen molar-refractivity contribution in [2.75, 3.05) is 148 Å². The molecule has 22 nitrogen and oxygen atoms in total. The van der Waals surface area contributed by atoms with Crippen molar-refractivity contribution in [1.29, 1.82) is 0 Å². The zero-order chi connectivity index (χ0) is 83.0. The number of nitrogens with two attached hydrogens (primary N) is 2. The Hall–Kier alpha value is -9.29. The summed E-state index contributed by atoms with van der Waals surface area (Å²) in [5, 5.41) is 16.1. The topological polar surface area (TPSA) is 253 Å². The molecule has 118 heavy (non-hydrogen) atoms. The Morgan fingerprint density at radius 2 is 0.839 bits per heavy atom. The Bertz CT molecular complexity index is 4400. The smallest absolute Gasteiger partial charge is 0.409 e. The molecule has 8 atom stereocenters. The van der Waals surface area contributed by atoms with Crippen LogP contribution in [-0.4, -0.2) is 209 Å². The van der Waals surface area contributed by atoms with Crippen LogP contribution in [0.15, 0.2) is 152 Å². The van der Waals surface area contributed by atoms with Crippen molar-refractivity contribution in [1.82, 2.24) is 30.2 Å². The molecular weight excluding hydrogens is 1490 g/mol. The molecule has 3 amide bonds. The van der Waals surface area contributed by atoms with Gasteiger partial charge in [0.1, 0.15) is 18.8 Å². The highest BCUT2D eigenvalue weighted by atomic mass is 16.6. The van der Waals surface area contributed by atoms with E-state index in [-0.39, 0.29) is 77.1 Å². The third kappa shape index (κ3) is 21.3. The maximum Gasteiger partial charge on any atom is 0.409 e. The molecule has 4 aliphatic carbocycles. The van der Waals surface area contributed by atoms with Crippen LogP contribution in [0.25, 0.3) is 0 Å². The third-order valence-electron chi connectivity index (χ3n) is 25.9. The molecule has 0 radical (unpaired) electrons. The first kappa shape index (κ1) is 89.5. The molecule has 7 aromatic rings. The van der Waals surface area contributed by atoms with Gasteiger partial charge in [0, 0.05) is 156 Å². The van der Waals surface area contributed by atoms with Crippen LogP contribution in [0.3, 0.4) is 0 Å². The number of likely N-dealkylation sites (tertiary alicyclic amines) is 4. The monoisotopic (exact) mass is 1620 g/mol. The van der Waals surface area contributed by atoms with Gasteiger partial charge in [-0.2, -0.15) is 0 Å². The Labute approximate surface area is 701 Å². The lowest BCUT2D eigenvalue weighted by atomic mass is 9.76. The van der Waals surface area contributed by atoms with Crippen molar-refractivity contribution in [2.45, 2.75) is 155 Å². The van der Waals surface area contributed by atoms with E-state index in [0.29, 0.717) is 82.7 Å². The number of amides is 3. The Balaban J connectivity index is 0.000000154. The van der Waals surface area contributed by atoms with Gasteiger partial charge in [-0.05, 0) is 157 Å².